The van der Waals surface area contributed by atoms with Gasteiger partial charge in [-0.2, -0.15) is 12.6 Å². The van der Waals surface area contributed by atoms with E-state index in [1.165, 1.54) is 0 Å². The van der Waals surface area contributed by atoms with Gasteiger partial charge in [-0.25, -0.2) is 4.79 Å². The molecule has 0 heterocycles. The van der Waals surface area contributed by atoms with Crippen molar-refractivity contribution in [2.24, 2.45) is 11.5 Å². The number of carbonyl (C=O) groups excluding carboxylic acids is 3. The van der Waals surface area contributed by atoms with E-state index in [4.69, 9.17) is 26.8 Å². The minimum Gasteiger partial charge on any atom is -0.481 e. The molecule has 0 radical (unpaired) electrons. The third-order valence-electron chi connectivity index (χ3n) is 4.19. The topological polar surface area (TPSA) is 234 Å². The minimum atomic E-state index is -1.34. The summed E-state index contributed by atoms with van der Waals surface area (Å²) >= 11 is 3.86. The molecule has 0 aromatic heterocycles. The molecule has 0 rings (SSSR count). The number of aliphatic hydroxyl groups is 1. The van der Waals surface area contributed by atoms with Crippen LogP contribution in [-0.4, -0.2) is 88.1 Å². The molecule has 0 saturated carbocycles. The van der Waals surface area contributed by atoms with Crippen molar-refractivity contribution in [2.75, 3.05) is 18.9 Å². The van der Waals surface area contributed by atoms with Crippen LogP contribution in [0.2, 0.25) is 0 Å². The SMILES string of the molecule is NCCCCC(NC(=O)C(CCC(=O)O)NC(=O)C(N)CO)C(=O)NC(CS)C(=O)O. The summed E-state index contributed by atoms with van der Waals surface area (Å²) in [6.07, 6.45) is 0.353. The number of hydrogen-bond donors (Lipinski definition) is 9. The Bertz CT molecular complexity index is 636. The van der Waals surface area contributed by atoms with E-state index in [0.29, 0.717) is 19.4 Å². The van der Waals surface area contributed by atoms with Crippen molar-refractivity contribution in [3.63, 3.8) is 0 Å². The van der Waals surface area contributed by atoms with Crippen molar-refractivity contribution in [1.29, 1.82) is 0 Å². The molecule has 0 aliphatic heterocycles. The Balaban J connectivity index is 5.41. The summed E-state index contributed by atoms with van der Waals surface area (Å²) in [6, 6.07) is -5.10. The van der Waals surface area contributed by atoms with Gasteiger partial charge in [0.25, 0.3) is 0 Å². The first-order valence-electron chi connectivity index (χ1n) is 9.60. The zero-order chi connectivity index (χ0) is 24.0. The number of carboxylic acid groups (broad SMARTS) is 2. The van der Waals surface area contributed by atoms with Crippen molar-refractivity contribution >= 4 is 42.3 Å². The number of rotatable bonds is 16. The lowest BCUT2D eigenvalue weighted by Gasteiger charge is -2.24. The smallest absolute Gasteiger partial charge is 0.327 e. The molecule has 0 aromatic carbocycles. The van der Waals surface area contributed by atoms with Crippen LogP contribution in [0.4, 0.5) is 0 Å². The van der Waals surface area contributed by atoms with E-state index in [9.17, 15) is 24.0 Å². The van der Waals surface area contributed by atoms with Crippen LogP contribution in [0.5, 0.6) is 0 Å². The van der Waals surface area contributed by atoms with Gasteiger partial charge in [-0.05, 0) is 32.2 Å². The second-order valence-corrected chi connectivity index (χ2v) is 7.08. The quantitative estimate of drug-likeness (QED) is 0.0816. The maximum Gasteiger partial charge on any atom is 0.327 e. The number of aliphatic carboxylic acids is 2. The molecular formula is C17H31N5O8S. The van der Waals surface area contributed by atoms with Gasteiger partial charge in [-0.3, -0.25) is 19.2 Å². The zero-order valence-electron chi connectivity index (χ0n) is 17.0. The highest BCUT2D eigenvalue weighted by molar-refractivity contribution is 7.80. The van der Waals surface area contributed by atoms with Gasteiger partial charge in [-0.1, -0.05) is 0 Å². The van der Waals surface area contributed by atoms with Crippen LogP contribution in [-0.2, 0) is 24.0 Å². The predicted octanol–water partition coefficient (Wildman–Crippen LogP) is -3.23. The van der Waals surface area contributed by atoms with Crippen molar-refractivity contribution < 1.29 is 39.3 Å². The molecule has 0 fully saturated rings. The van der Waals surface area contributed by atoms with Crippen molar-refractivity contribution in [3.8, 4) is 0 Å². The third kappa shape index (κ3) is 11.5. The molecule has 4 unspecified atom stereocenters. The van der Waals surface area contributed by atoms with Gasteiger partial charge in [0, 0.05) is 12.2 Å². The lowest BCUT2D eigenvalue weighted by atomic mass is 10.1. The number of nitrogens with one attached hydrogen (secondary N) is 3. The Morgan fingerprint density at radius 3 is 1.81 bits per heavy atom. The number of thiol groups is 1. The number of amides is 3. The Labute approximate surface area is 184 Å². The first-order chi connectivity index (χ1) is 14.6. The van der Waals surface area contributed by atoms with Gasteiger partial charge >= 0.3 is 11.9 Å². The Hall–Kier alpha value is -2.42. The van der Waals surface area contributed by atoms with E-state index in [2.05, 4.69) is 28.6 Å². The van der Waals surface area contributed by atoms with Crippen LogP contribution in [0, 0.1) is 0 Å². The molecule has 4 atom stereocenters. The van der Waals surface area contributed by atoms with Crippen molar-refractivity contribution in [3.05, 3.63) is 0 Å². The number of carbonyl (C=O) groups is 5. The highest BCUT2D eigenvalue weighted by Gasteiger charge is 2.30. The van der Waals surface area contributed by atoms with Crippen LogP contribution < -0.4 is 27.4 Å². The van der Waals surface area contributed by atoms with Crippen LogP contribution in [0.3, 0.4) is 0 Å². The molecule has 10 N–H and O–H groups in total. The fourth-order valence-corrected chi connectivity index (χ4v) is 2.64. The van der Waals surface area contributed by atoms with E-state index >= 15 is 0 Å². The summed E-state index contributed by atoms with van der Waals surface area (Å²) in [5, 5.41) is 33.8. The lowest BCUT2D eigenvalue weighted by molar-refractivity contribution is -0.141. The average Bonchev–Trinajstić information content (AvgIpc) is 2.72. The van der Waals surface area contributed by atoms with Crippen molar-refractivity contribution in [1.82, 2.24) is 16.0 Å². The lowest BCUT2D eigenvalue weighted by Crippen LogP contribution is -2.57. The predicted molar refractivity (Wildman–Crippen MR) is 112 cm³/mol. The Morgan fingerprint density at radius 1 is 0.839 bits per heavy atom. The van der Waals surface area contributed by atoms with Gasteiger partial charge in [0.05, 0.1) is 6.61 Å². The summed E-state index contributed by atoms with van der Waals surface area (Å²) in [7, 11) is 0. The highest BCUT2D eigenvalue weighted by Crippen LogP contribution is 2.05. The molecule has 0 bridgehead atoms. The molecule has 0 aliphatic carbocycles. The minimum absolute atomic E-state index is 0.128. The molecular weight excluding hydrogens is 434 g/mol. The molecule has 3 amide bonds. The molecule has 0 aliphatic rings. The summed E-state index contributed by atoms with van der Waals surface area (Å²) in [5.74, 6) is -5.21. The zero-order valence-corrected chi connectivity index (χ0v) is 17.8. The Morgan fingerprint density at radius 2 is 1.35 bits per heavy atom. The van der Waals surface area contributed by atoms with E-state index in [1.807, 2.05) is 0 Å². The molecule has 0 saturated heterocycles. The molecule has 178 valence electrons. The van der Waals surface area contributed by atoms with E-state index in [0.717, 1.165) is 0 Å². The number of unbranched alkanes of at least 4 members (excludes halogenated alkanes) is 1. The van der Waals surface area contributed by atoms with Crippen LogP contribution in [0.1, 0.15) is 32.1 Å². The van der Waals surface area contributed by atoms with Gasteiger partial charge < -0.3 is 42.7 Å². The maximum absolute atomic E-state index is 12.7. The maximum atomic E-state index is 12.7. The summed E-state index contributed by atoms with van der Waals surface area (Å²) in [6.45, 7) is -0.351. The fourth-order valence-electron chi connectivity index (χ4n) is 2.39. The van der Waals surface area contributed by atoms with E-state index in [-0.39, 0.29) is 18.6 Å². The van der Waals surface area contributed by atoms with E-state index in [1.54, 1.807) is 0 Å². The highest BCUT2D eigenvalue weighted by atomic mass is 32.1. The molecule has 13 nitrogen and oxygen atoms in total. The summed E-state index contributed by atoms with van der Waals surface area (Å²) in [4.78, 5) is 59.2. The first kappa shape index (κ1) is 28.6. The largest absolute Gasteiger partial charge is 0.481 e. The number of aliphatic hydroxyl groups excluding tert-OH is 1. The second kappa shape index (κ2) is 15.4. The average molecular weight is 466 g/mol. The van der Waals surface area contributed by atoms with Crippen molar-refractivity contribution in [2.45, 2.75) is 56.3 Å². The van der Waals surface area contributed by atoms with Crippen LogP contribution >= 0.6 is 12.6 Å². The summed E-state index contributed by atoms with van der Waals surface area (Å²) < 4.78 is 0. The number of hydrogen-bond acceptors (Lipinski definition) is 9. The van der Waals surface area contributed by atoms with Gasteiger partial charge in [0.15, 0.2) is 0 Å². The standard InChI is InChI=1S/C17H31N5O8S/c18-6-2-1-3-10(15(27)22-12(8-31)17(29)30)21-16(28)11(4-5-13(24)25)20-14(26)9(19)7-23/h9-12,23,31H,1-8,18-19H2,(H,20,26)(H,21,28)(H,22,27)(H,24,25)(H,29,30). The molecule has 31 heavy (non-hydrogen) atoms. The molecule has 14 heteroatoms. The molecule has 0 spiro atoms. The number of nitrogens with two attached hydrogens (primary N) is 2. The monoisotopic (exact) mass is 465 g/mol. The van der Waals surface area contributed by atoms with Crippen LogP contribution in [0.15, 0.2) is 0 Å². The van der Waals surface area contributed by atoms with Gasteiger partial charge in [0.1, 0.15) is 24.2 Å². The van der Waals surface area contributed by atoms with E-state index < -0.39 is 66.9 Å². The van der Waals surface area contributed by atoms with Gasteiger partial charge in [0.2, 0.25) is 17.7 Å². The van der Waals surface area contributed by atoms with Gasteiger partial charge in [-0.15, -0.1) is 0 Å². The fraction of sp³-hybridized carbons (Fsp3) is 0.706. The third-order valence-corrected chi connectivity index (χ3v) is 4.56. The normalized spacial score (nSPS) is 14.6. The van der Waals surface area contributed by atoms with Crippen LogP contribution in [0.25, 0.3) is 0 Å². The first-order valence-corrected chi connectivity index (χ1v) is 10.2. The molecule has 0 aromatic rings. The summed E-state index contributed by atoms with van der Waals surface area (Å²) in [5.41, 5.74) is 10.8. The number of carboxylic acids is 2. The Kier molecular flexibility index (Phi) is 14.2. The second-order valence-electron chi connectivity index (χ2n) is 6.71.